The van der Waals surface area contributed by atoms with Crippen LogP contribution in [0.2, 0.25) is 0 Å². The molecular formula is C23H26N4O2. The Morgan fingerprint density at radius 1 is 1.03 bits per heavy atom. The molecule has 0 bridgehead atoms. The topological polar surface area (TPSA) is 65.5 Å². The summed E-state index contributed by atoms with van der Waals surface area (Å²) in [5.74, 6) is -0.206. The molecule has 2 aromatic rings. The van der Waals surface area contributed by atoms with E-state index >= 15 is 0 Å². The second-order valence-electron chi connectivity index (χ2n) is 7.62. The van der Waals surface area contributed by atoms with Crippen LogP contribution in [-0.2, 0) is 0 Å². The van der Waals surface area contributed by atoms with Crippen LogP contribution in [0.5, 0.6) is 0 Å². The molecule has 2 heterocycles. The summed E-state index contributed by atoms with van der Waals surface area (Å²) in [6.07, 6.45) is 9.42. The van der Waals surface area contributed by atoms with Crippen molar-refractivity contribution in [1.29, 1.82) is 0 Å². The van der Waals surface area contributed by atoms with Gasteiger partial charge in [0.1, 0.15) is 0 Å². The minimum Gasteiger partial charge on any atom is -0.349 e. The summed E-state index contributed by atoms with van der Waals surface area (Å²) in [5.41, 5.74) is 2.12. The lowest BCUT2D eigenvalue weighted by Gasteiger charge is -2.34. The summed E-state index contributed by atoms with van der Waals surface area (Å²) in [6, 6.07) is 12.2. The molecule has 29 heavy (non-hydrogen) atoms. The van der Waals surface area contributed by atoms with E-state index in [9.17, 15) is 9.59 Å². The minimum absolute atomic E-state index is 0.0574. The Morgan fingerprint density at radius 2 is 1.76 bits per heavy atom. The van der Waals surface area contributed by atoms with Crippen LogP contribution in [-0.4, -0.2) is 65.4 Å². The monoisotopic (exact) mass is 390 g/mol. The molecule has 1 aliphatic carbocycles. The first kappa shape index (κ1) is 19.3. The second kappa shape index (κ2) is 9.01. The summed E-state index contributed by atoms with van der Waals surface area (Å²) in [6.45, 7) is 3.89. The zero-order chi connectivity index (χ0) is 20.1. The van der Waals surface area contributed by atoms with Gasteiger partial charge in [-0.1, -0.05) is 42.5 Å². The van der Waals surface area contributed by atoms with E-state index in [1.165, 1.54) is 11.8 Å². The molecule has 1 saturated carbocycles. The number of benzene rings is 1. The molecule has 150 valence electrons. The number of pyridine rings is 1. The number of carbonyl (C=O) groups is 2. The van der Waals surface area contributed by atoms with Crippen LogP contribution >= 0.6 is 0 Å². The second-order valence-corrected chi connectivity index (χ2v) is 7.62. The lowest BCUT2D eigenvalue weighted by Crippen LogP contribution is -2.48. The van der Waals surface area contributed by atoms with Crippen molar-refractivity contribution in [2.45, 2.75) is 18.9 Å². The molecule has 6 heteroatoms. The Hall–Kier alpha value is -2.99. The molecule has 0 radical (unpaired) electrons. The van der Waals surface area contributed by atoms with Gasteiger partial charge in [-0.25, -0.2) is 0 Å². The highest BCUT2D eigenvalue weighted by molar-refractivity contribution is 5.99. The Labute approximate surface area is 171 Å². The number of nitrogens with one attached hydrogen (secondary N) is 1. The lowest BCUT2D eigenvalue weighted by molar-refractivity contribution is 0.0650. The molecule has 2 amide bonds. The van der Waals surface area contributed by atoms with Gasteiger partial charge >= 0.3 is 0 Å². The number of aromatic nitrogens is 1. The summed E-state index contributed by atoms with van der Waals surface area (Å²) < 4.78 is 0. The third-order valence-corrected chi connectivity index (χ3v) is 5.29. The normalized spacial score (nSPS) is 17.4. The number of piperazine rings is 1. The molecule has 1 aromatic heterocycles. The Balaban J connectivity index is 1.28. The first-order chi connectivity index (χ1) is 14.2. The molecule has 0 atom stereocenters. The first-order valence-corrected chi connectivity index (χ1v) is 10.2. The molecule has 2 aliphatic rings. The molecule has 0 unspecified atom stereocenters. The average Bonchev–Trinajstić information content (AvgIpc) is 3.58. The molecule has 1 saturated heterocycles. The number of nitrogens with zero attached hydrogens (tertiary/aromatic N) is 3. The van der Waals surface area contributed by atoms with Gasteiger partial charge in [-0.2, -0.15) is 0 Å². The summed E-state index contributed by atoms with van der Waals surface area (Å²) in [5, 5.41) is 2.94. The maximum atomic E-state index is 12.8. The maximum Gasteiger partial charge on any atom is 0.255 e. The zero-order valence-corrected chi connectivity index (χ0v) is 16.5. The number of carbonyl (C=O) groups excluding carboxylic acids is 2. The van der Waals surface area contributed by atoms with Crippen molar-refractivity contribution in [2.75, 3.05) is 32.7 Å². The lowest BCUT2D eigenvalue weighted by atomic mass is 10.1. The third-order valence-electron chi connectivity index (χ3n) is 5.29. The smallest absolute Gasteiger partial charge is 0.255 e. The first-order valence-electron chi connectivity index (χ1n) is 10.2. The van der Waals surface area contributed by atoms with Crippen molar-refractivity contribution < 1.29 is 9.59 Å². The van der Waals surface area contributed by atoms with Crippen molar-refractivity contribution in [3.05, 3.63) is 71.6 Å². The van der Waals surface area contributed by atoms with E-state index in [4.69, 9.17) is 0 Å². The predicted molar refractivity (Wildman–Crippen MR) is 113 cm³/mol. The highest BCUT2D eigenvalue weighted by Gasteiger charge is 2.25. The fraction of sp³-hybridized carbons (Fsp3) is 0.348. The van der Waals surface area contributed by atoms with Crippen LogP contribution in [0.15, 0.2) is 54.9 Å². The third kappa shape index (κ3) is 5.29. The Kier molecular flexibility index (Phi) is 6.00. The van der Waals surface area contributed by atoms with Gasteiger partial charge in [-0.05, 0) is 24.5 Å². The predicted octanol–water partition coefficient (Wildman–Crippen LogP) is 2.45. The maximum absolute atomic E-state index is 12.8. The fourth-order valence-electron chi connectivity index (χ4n) is 3.40. The van der Waals surface area contributed by atoms with E-state index in [1.807, 2.05) is 23.1 Å². The van der Waals surface area contributed by atoms with Crippen molar-refractivity contribution in [3.8, 4) is 0 Å². The van der Waals surface area contributed by atoms with Crippen molar-refractivity contribution in [1.82, 2.24) is 20.1 Å². The number of hydrogen-bond acceptors (Lipinski definition) is 4. The molecule has 1 aliphatic heterocycles. The Morgan fingerprint density at radius 3 is 2.48 bits per heavy atom. The van der Waals surface area contributed by atoms with Crippen LogP contribution in [0.1, 0.15) is 39.1 Å². The molecule has 1 N–H and O–H groups in total. The van der Waals surface area contributed by atoms with E-state index in [1.54, 1.807) is 12.3 Å². The largest absolute Gasteiger partial charge is 0.349 e. The van der Waals surface area contributed by atoms with Crippen LogP contribution in [0, 0.1) is 0 Å². The number of amides is 2. The summed E-state index contributed by atoms with van der Waals surface area (Å²) >= 11 is 0. The standard InChI is InChI=1S/C23H26N4O2/c28-22(25-21-8-9-21)19-15-20(17-24-16-19)23(29)27-13-11-26(12-14-27)10-4-7-18-5-2-1-3-6-18/h1-7,15-17,21H,8-14H2,(H,25,28)/b7-4+. The highest BCUT2D eigenvalue weighted by Crippen LogP contribution is 2.19. The number of hydrogen-bond donors (Lipinski definition) is 1. The zero-order valence-electron chi connectivity index (χ0n) is 16.5. The summed E-state index contributed by atoms with van der Waals surface area (Å²) in [7, 11) is 0. The number of rotatable bonds is 6. The van der Waals surface area contributed by atoms with Gasteiger partial charge < -0.3 is 10.2 Å². The molecule has 0 spiro atoms. The fourth-order valence-corrected chi connectivity index (χ4v) is 3.40. The van der Waals surface area contributed by atoms with Gasteiger partial charge in [-0.15, -0.1) is 0 Å². The van der Waals surface area contributed by atoms with E-state index in [0.29, 0.717) is 24.2 Å². The van der Waals surface area contributed by atoms with E-state index < -0.39 is 0 Å². The van der Waals surface area contributed by atoms with Gasteiger partial charge in [0.05, 0.1) is 11.1 Å². The summed E-state index contributed by atoms with van der Waals surface area (Å²) in [4.78, 5) is 33.3. The minimum atomic E-state index is -0.148. The SMILES string of the molecule is O=C(NC1CC1)c1cncc(C(=O)N2CCN(C/C=C/c3ccccc3)CC2)c1. The van der Waals surface area contributed by atoms with Crippen LogP contribution in [0.4, 0.5) is 0 Å². The van der Waals surface area contributed by atoms with E-state index in [0.717, 1.165) is 32.5 Å². The van der Waals surface area contributed by atoms with Crippen molar-refractivity contribution >= 4 is 17.9 Å². The highest BCUT2D eigenvalue weighted by atomic mass is 16.2. The van der Waals surface area contributed by atoms with Gasteiger partial charge in [0.15, 0.2) is 0 Å². The van der Waals surface area contributed by atoms with Crippen LogP contribution in [0.3, 0.4) is 0 Å². The van der Waals surface area contributed by atoms with Gasteiger partial charge in [0, 0.05) is 51.2 Å². The molecule has 6 nitrogen and oxygen atoms in total. The van der Waals surface area contributed by atoms with Gasteiger partial charge in [0.2, 0.25) is 0 Å². The van der Waals surface area contributed by atoms with Crippen LogP contribution in [0.25, 0.3) is 6.08 Å². The molecule has 2 fully saturated rings. The van der Waals surface area contributed by atoms with Gasteiger partial charge in [-0.3, -0.25) is 19.5 Å². The van der Waals surface area contributed by atoms with Crippen LogP contribution < -0.4 is 5.32 Å². The molecule has 4 rings (SSSR count). The van der Waals surface area contributed by atoms with Crippen molar-refractivity contribution in [3.63, 3.8) is 0 Å². The quantitative estimate of drug-likeness (QED) is 0.823. The molecular weight excluding hydrogens is 364 g/mol. The van der Waals surface area contributed by atoms with Crippen molar-refractivity contribution in [2.24, 2.45) is 0 Å². The van der Waals surface area contributed by atoms with E-state index in [2.05, 4.69) is 39.5 Å². The Bertz CT molecular complexity index is 885. The van der Waals surface area contributed by atoms with E-state index in [-0.39, 0.29) is 17.9 Å². The molecule has 1 aromatic carbocycles. The van der Waals surface area contributed by atoms with Gasteiger partial charge in [0.25, 0.3) is 11.8 Å². The average molecular weight is 390 g/mol.